The summed E-state index contributed by atoms with van der Waals surface area (Å²) in [5, 5.41) is 8.98. The van der Waals surface area contributed by atoms with E-state index in [1.165, 1.54) is 6.08 Å². The van der Waals surface area contributed by atoms with Crippen molar-refractivity contribution in [3.63, 3.8) is 0 Å². The third kappa shape index (κ3) is 4.61. The fourth-order valence-electron chi connectivity index (χ4n) is 1.29. The van der Waals surface area contributed by atoms with Gasteiger partial charge in [0.2, 0.25) is 6.29 Å². The van der Waals surface area contributed by atoms with Crippen LogP contribution >= 0.6 is 0 Å². The first-order valence-electron chi connectivity index (χ1n) is 5.24. The highest BCUT2D eigenvalue weighted by atomic mass is 16.5. The van der Waals surface area contributed by atoms with Gasteiger partial charge in [0, 0.05) is 12.0 Å². The van der Waals surface area contributed by atoms with Crippen molar-refractivity contribution in [3.8, 4) is 0 Å². The fourth-order valence-corrected chi connectivity index (χ4v) is 1.29. The summed E-state index contributed by atoms with van der Waals surface area (Å²) < 4.78 is 4.50. The van der Waals surface area contributed by atoms with E-state index in [4.69, 9.17) is 5.11 Å². The third-order valence-electron chi connectivity index (χ3n) is 2.13. The quantitative estimate of drug-likeness (QED) is 0.355. The van der Waals surface area contributed by atoms with Crippen LogP contribution in [0, 0.1) is 0 Å². The van der Waals surface area contributed by atoms with Crippen LogP contribution in [0.3, 0.4) is 0 Å². The number of ether oxygens (including phenoxy) is 1. The molecular formula is C13H12O5. The summed E-state index contributed by atoms with van der Waals surface area (Å²) in [6.45, 7) is -0.136. The smallest absolute Gasteiger partial charge is 0.371 e. The molecule has 1 N–H and O–H groups in total. The van der Waals surface area contributed by atoms with E-state index in [2.05, 4.69) is 4.74 Å². The zero-order valence-electron chi connectivity index (χ0n) is 9.54. The van der Waals surface area contributed by atoms with Gasteiger partial charge < -0.3 is 9.84 Å². The van der Waals surface area contributed by atoms with E-state index in [1.54, 1.807) is 24.3 Å². The molecule has 0 atom stereocenters. The maximum absolute atomic E-state index is 11.0. The lowest BCUT2D eigenvalue weighted by molar-refractivity contribution is -0.148. The highest BCUT2D eigenvalue weighted by Crippen LogP contribution is 2.10. The molecule has 0 amide bonds. The zero-order valence-corrected chi connectivity index (χ0v) is 9.54. The van der Waals surface area contributed by atoms with Gasteiger partial charge in [0.25, 0.3) is 0 Å². The second-order valence-corrected chi connectivity index (χ2v) is 3.42. The number of benzene rings is 1. The summed E-state index contributed by atoms with van der Waals surface area (Å²) in [5.74, 6) is -2.08. The van der Waals surface area contributed by atoms with Crippen LogP contribution in [0.2, 0.25) is 0 Å². The van der Waals surface area contributed by atoms with Gasteiger partial charge in [-0.25, -0.2) is 9.59 Å². The molecule has 0 saturated heterocycles. The van der Waals surface area contributed by atoms with E-state index in [9.17, 15) is 14.4 Å². The van der Waals surface area contributed by atoms with Crippen molar-refractivity contribution >= 4 is 24.3 Å². The minimum Gasteiger partial charge on any atom is -0.478 e. The molecule has 18 heavy (non-hydrogen) atoms. The predicted molar refractivity (Wildman–Crippen MR) is 63.7 cm³/mol. The average Bonchev–Trinajstić information content (AvgIpc) is 2.38. The van der Waals surface area contributed by atoms with Gasteiger partial charge in [-0.3, -0.25) is 4.79 Å². The molecule has 0 saturated carbocycles. The van der Waals surface area contributed by atoms with Crippen molar-refractivity contribution in [3.05, 3.63) is 41.5 Å². The Morgan fingerprint density at radius 3 is 2.44 bits per heavy atom. The molecule has 1 aromatic carbocycles. The number of carboxylic acid groups (broad SMARTS) is 1. The van der Waals surface area contributed by atoms with Crippen LogP contribution in [0.5, 0.6) is 0 Å². The van der Waals surface area contributed by atoms with Crippen LogP contribution in [-0.4, -0.2) is 29.9 Å². The van der Waals surface area contributed by atoms with Crippen LogP contribution in [-0.2, 0) is 19.1 Å². The molecule has 5 heteroatoms. The molecule has 0 aliphatic rings. The van der Waals surface area contributed by atoms with Crippen LogP contribution in [0.25, 0.3) is 6.08 Å². The van der Waals surface area contributed by atoms with Gasteiger partial charge in [-0.2, -0.15) is 0 Å². The van der Waals surface area contributed by atoms with Gasteiger partial charge in [0.15, 0.2) is 0 Å². The molecule has 0 unspecified atom stereocenters. The SMILES string of the molecule is O=CC(=O)OCCC(=Cc1ccccc1)C(=O)O. The number of carbonyl (C=O) groups excluding carboxylic acids is 2. The highest BCUT2D eigenvalue weighted by Gasteiger charge is 2.08. The van der Waals surface area contributed by atoms with Crippen molar-refractivity contribution in [2.24, 2.45) is 0 Å². The summed E-state index contributed by atoms with van der Waals surface area (Å²) in [5.41, 5.74) is 0.858. The minimum absolute atomic E-state index is 0.0430. The van der Waals surface area contributed by atoms with Gasteiger partial charge in [0.1, 0.15) is 0 Å². The second-order valence-electron chi connectivity index (χ2n) is 3.42. The number of esters is 1. The maximum Gasteiger partial charge on any atom is 0.371 e. The lowest BCUT2D eigenvalue weighted by atomic mass is 10.1. The Morgan fingerprint density at radius 2 is 1.89 bits per heavy atom. The normalized spacial score (nSPS) is 10.8. The Balaban J connectivity index is 2.66. The van der Waals surface area contributed by atoms with E-state index in [0.717, 1.165) is 5.56 Å². The molecule has 1 rings (SSSR count). The Kier molecular flexibility index (Phi) is 5.31. The van der Waals surface area contributed by atoms with Gasteiger partial charge in [0.05, 0.1) is 6.61 Å². The molecule has 0 aliphatic heterocycles. The van der Waals surface area contributed by atoms with Gasteiger partial charge in [-0.05, 0) is 11.6 Å². The van der Waals surface area contributed by atoms with Crippen molar-refractivity contribution < 1.29 is 24.2 Å². The van der Waals surface area contributed by atoms with Crippen LogP contribution < -0.4 is 0 Å². The summed E-state index contributed by atoms with van der Waals surface area (Å²) in [6, 6.07) is 8.93. The van der Waals surface area contributed by atoms with Crippen LogP contribution in [0.1, 0.15) is 12.0 Å². The van der Waals surface area contributed by atoms with Crippen molar-refractivity contribution in [2.75, 3.05) is 6.61 Å². The van der Waals surface area contributed by atoms with Crippen molar-refractivity contribution in [1.29, 1.82) is 0 Å². The first-order valence-corrected chi connectivity index (χ1v) is 5.24. The molecule has 0 spiro atoms. The summed E-state index contributed by atoms with van der Waals surface area (Å²) in [4.78, 5) is 31.5. The topological polar surface area (TPSA) is 80.7 Å². The van der Waals surface area contributed by atoms with E-state index < -0.39 is 11.9 Å². The van der Waals surface area contributed by atoms with E-state index in [1.807, 2.05) is 6.07 Å². The number of carboxylic acids is 1. The minimum atomic E-state index is -1.08. The molecule has 0 aliphatic carbocycles. The van der Waals surface area contributed by atoms with Crippen molar-refractivity contribution in [1.82, 2.24) is 0 Å². The average molecular weight is 248 g/mol. The Morgan fingerprint density at radius 1 is 1.22 bits per heavy atom. The zero-order chi connectivity index (χ0) is 13.4. The molecule has 0 radical (unpaired) electrons. The number of rotatable bonds is 6. The van der Waals surface area contributed by atoms with Crippen LogP contribution in [0.15, 0.2) is 35.9 Å². The number of aliphatic carboxylic acids is 1. The summed E-state index contributed by atoms with van der Waals surface area (Å²) in [7, 11) is 0. The Hall–Kier alpha value is -2.43. The van der Waals surface area contributed by atoms with E-state index >= 15 is 0 Å². The molecule has 5 nitrogen and oxygen atoms in total. The van der Waals surface area contributed by atoms with E-state index in [0.29, 0.717) is 0 Å². The standard InChI is InChI=1S/C13H12O5/c14-9-12(15)18-7-6-11(13(16)17)8-10-4-2-1-3-5-10/h1-5,8-9H,6-7H2,(H,16,17). The number of hydrogen-bond acceptors (Lipinski definition) is 4. The fraction of sp³-hybridized carbons (Fsp3) is 0.154. The molecule has 94 valence electrons. The Labute approximate surface area is 104 Å². The molecule has 0 heterocycles. The van der Waals surface area contributed by atoms with Gasteiger partial charge in [-0.15, -0.1) is 0 Å². The molecule has 0 fully saturated rings. The molecule has 1 aromatic rings. The monoisotopic (exact) mass is 248 g/mol. The molecule has 0 aromatic heterocycles. The molecule has 0 bridgehead atoms. The largest absolute Gasteiger partial charge is 0.478 e. The van der Waals surface area contributed by atoms with E-state index in [-0.39, 0.29) is 24.9 Å². The first kappa shape index (κ1) is 13.6. The van der Waals surface area contributed by atoms with Crippen LogP contribution in [0.4, 0.5) is 0 Å². The summed E-state index contributed by atoms with van der Waals surface area (Å²) >= 11 is 0. The van der Waals surface area contributed by atoms with Crippen molar-refractivity contribution in [2.45, 2.75) is 6.42 Å². The summed E-state index contributed by atoms with van der Waals surface area (Å²) in [6.07, 6.45) is 1.59. The Bertz CT molecular complexity index is 462. The number of hydrogen-bond donors (Lipinski definition) is 1. The molecular weight excluding hydrogens is 236 g/mol. The number of aldehydes is 1. The lowest BCUT2D eigenvalue weighted by Gasteiger charge is -2.03. The second kappa shape index (κ2) is 7.01. The predicted octanol–water partition coefficient (Wildman–Crippen LogP) is 1.29. The lowest BCUT2D eigenvalue weighted by Crippen LogP contribution is -2.10. The third-order valence-corrected chi connectivity index (χ3v) is 2.13. The number of carbonyl (C=O) groups is 3. The maximum atomic E-state index is 11.0. The van der Waals surface area contributed by atoms with Gasteiger partial charge >= 0.3 is 11.9 Å². The van der Waals surface area contributed by atoms with Gasteiger partial charge in [-0.1, -0.05) is 30.3 Å². The highest BCUT2D eigenvalue weighted by molar-refractivity contribution is 6.20. The first-order chi connectivity index (χ1) is 8.63.